The van der Waals surface area contributed by atoms with Gasteiger partial charge < -0.3 is 14.6 Å². The van der Waals surface area contributed by atoms with Crippen LogP contribution in [-0.4, -0.2) is 38.1 Å². The van der Waals surface area contributed by atoms with Crippen molar-refractivity contribution in [2.45, 2.75) is 6.92 Å². The van der Waals surface area contributed by atoms with Crippen molar-refractivity contribution < 1.29 is 14.6 Å². The molecule has 66 valence electrons. The number of ether oxygens (including phenoxy) is 2. The van der Waals surface area contributed by atoms with Crippen molar-refractivity contribution >= 4 is 0 Å². The molecule has 0 aliphatic heterocycles. The Balaban J connectivity index is 2.79. The number of aliphatic hydroxyl groups excluding tert-OH is 1. The second-order valence-corrected chi connectivity index (χ2v) is 1.98. The zero-order valence-electron chi connectivity index (χ0n) is 6.95. The van der Waals surface area contributed by atoms with Crippen LogP contribution in [0.2, 0.25) is 0 Å². The number of hydrogen-bond donors (Lipinski definition) is 1. The van der Waals surface area contributed by atoms with E-state index in [1.165, 1.54) is 0 Å². The predicted octanol–water partition coefficient (Wildman–Crippen LogP) is 0.588. The monoisotopic (exact) mass is 160 g/mol. The normalized spacial score (nSPS) is 11.1. The van der Waals surface area contributed by atoms with Crippen molar-refractivity contribution in [1.29, 1.82) is 0 Å². The Morgan fingerprint density at radius 3 is 2.55 bits per heavy atom. The van der Waals surface area contributed by atoms with Crippen LogP contribution in [0.5, 0.6) is 0 Å². The highest BCUT2D eigenvalue weighted by Crippen LogP contribution is 1.79. The highest BCUT2D eigenvalue weighted by atomic mass is 16.5. The fraction of sp³-hybridized carbons (Fsp3) is 0.750. The van der Waals surface area contributed by atoms with Crippen LogP contribution in [0.15, 0.2) is 12.2 Å². The Morgan fingerprint density at radius 2 is 1.91 bits per heavy atom. The summed E-state index contributed by atoms with van der Waals surface area (Å²) in [4.78, 5) is 0. The first-order valence-electron chi connectivity index (χ1n) is 3.79. The summed E-state index contributed by atoms with van der Waals surface area (Å²) in [5, 5.41) is 8.33. The van der Waals surface area contributed by atoms with E-state index in [0.717, 1.165) is 0 Å². The van der Waals surface area contributed by atoms with Gasteiger partial charge in [0, 0.05) is 0 Å². The van der Waals surface area contributed by atoms with Crippen LogP contribution in [0, 0.1) is 0 Å². The molecule has 0 fully saturated rings. The molecule has 0 aliphatic carbocycles. The summed E-state index contributed by atoms with van der Waals surface area (Å²) < 4.78 is 10.1. The maximum absolute atomic E-state index is 8.33. The van der Waals surface area contributed by atoms with Crippen LogP contribution in [0.25, 0.3) is 0 Å². The van der Waals surface area contributed by atoms with Gasteiger partial charge in [-0.1, -0.05) is 12.2 Å². The fourth-order valence-electron chi connectivity index (χ4n) is 0.532. The van der Waals surface area contributed by atoms with Crippen LogP contribution < -0.4 is 0 Å². The van der Waals surface area contributed by atoms with Gasteiger partial charge >= 0.3 is 0 Å². The quantitative estimate of drug-likeness (QED) is 0.437. The second kappa shape index (κ2) is 9.62. The van der Waals surface area contributed by atoms with Gasteiger partial charge in [-0.2, -0.15) is 0 Å². The van der Waals surface area contributed by atoms with E-state index in [1.54, 1.807) is 0 Å². The van der Waals surface area contributed by atoms with Crippen LogP contribution in [0.4, 0.5) is 0 Å². The molecule has 1 N–H and O–H groups in total. The molecule has 0 unspecified atom stereocenters. The van der Waals surface area contributed by atoms with Crippen LogP contribution in [-0.2, 0) is 9.47 Å². The Bertz CT molecular complexity index is 91.3. The molecule has 0 heterocycles. The molecule has 0 saturated heterocycles. The largest absolute Gasteiger partial charge is 0.394 e. The van der Waals surface area contributed by atoms with Gasteiger partial charge in [-0.15, -0.1) is 0 Å². The Morgan fingerprint density at radius 1 is 1.18 bits per heavy atom. The lowest BCUT2D eigenvalue weighted by Gasteiger charge is -2.01. The van der Waals surface area contributed by atoms with Gasteiger partial charge in [0.25, 0.3) is 0 Å². The number of rotatable bonds is 7. The lowest BCUT2D eigenvalue weighted by atomic mass is 10.5. The first-order chi connectivity index (χ1) is 5.41. The van der Waals surface area contributed by atoms with Gasteiger partial charge in [0.05, 0.1) is 33.0 Å². The zero-order valence-corrected chi connectivity index (χ0v) is 6.95. The lowest BCUT2D eigenvalue weighted by Crippen LogP contribution is -2.06. The summed E-state index contributed by atoms with van der Waals surface area (Å²) >= 11 is 0. The molecule has 3 nitrogen and oxygen atoms in total. The molecule has 0 amide bonds. The fourth-order valence-corrected chi connectivity index (χ4v) is 0.532. The van der Waals surface area contributed by atoms with E-state index in [1.807, 2.05) is 19.1 Å². The van der Waals surface area contributed by atoms with Gasteiger partial charge in [-0.3, -0.25) is 0 Å². The molecule has 0 aliphatic rings. The molecular formula is C8H16O3. The summed E-state index contributed by atoms with van der Waals surface area (Å²) in [6, 6.07) is 0. The molecule has 0 radical (unpaired) electrons. The second-order valence-electron chi connectivity index (χ2n) is 1.98. The molecule has 0 saturated carbocycles. The van der Waals surface area contributed by atoms with Crippen LogP contribution >= 0.6 is 0 Å². The molecule has 0 bridgehead atoms. The number of aliphatic hydroxyl groups is 1. The smallest absolute Gasteiger partial charge is 0.0704 e. The highest BCUT2D eigenvalue weighted by molar-refractivity contribution is 4.75. The SMILES string of the molecule is CC=CCOCCOCCO. The third kappa shape index (κ3) is 9.62. The van der Waals surface area contributed by atoms with Crippen molar-refractivity contribution in [2.75, 3.05) is 33.0 Å². The van der Waals surface area contributed by atoms with Crippen molar-refractivity contribution in [3.05, 3.63) is 12.2 Å². The molecule has 11 heavy (non-hydrogen) atoms. The molecular weight excluding hydrogens is 144 g/mol. The molecule has 0 aromatic heterocycles. The summed E-state index contributed by atoms with van der Waals surface area (Å²) in [7, 11) is 0. The third-order valence-corrected chi connectivity index (χ3v) is 1.06. The minimum atomic E-state index is 0.0782. The highest BCUT2D eigenvalue weighted by Gasteiger charge is 1.85. The van der Waals surface area contributed by atoms with E-state index < -0.39 is 0 Å². The van der Waals surface area contributed by atoms with Gasteiger partial charge in [-0.05, 0) is 6.92 Å². The Labute approximate surface area is 67.6 Å². The molecule has 3 heteroatoms. The van der Waals surface area contributed by atoms with Crippen molar-refractivity contribution in [3.8, 4) is 0 Å². The number of hydrogen-bond acceptors (Lipinski definition) is 3. The predicted molar refractivity (Wildman–Crippen MR) is 43.5 cm³/mol. The average Bonchev–Trinajstić information content (AvgIpc) is 2.03. The number of allylic oxidation sites excluding steroid dienone is 1. The third-order valence-electron chi connectivity index (χ3n) is 1.06. The standard InChI is InChI=1S/C8H16O3/c1-2-3-5-10-7-8-11-6-4-9/h2-3,9H,4-8H2,1H3. The molecule has 0 atom stereocenters. The molecule has 0 spiro atoms. The first-order valence-corrected chi connectivity index (χ1v) is 3.79. The van der Waals surface area contributed by atoms with Crippen molar-refractivity contribution in [2.24, 2.45) is 0 Å². The van der Waals surface area contributed by atoms with Gasteiger partial charge in [0.1, 0.15) is 0 Å². The topological polar surface area (TPSA) is 38.7 Å². The summed E-state index contributed by atoms with van der Waals surface area (Å²) in [6.07, 6.45) is 3.88. The summed E-state index contributed by atoms with van der Waals surface area (Å²) in [5.41, 5.74) is 0. The summed E-state index contributed by atoms with van der Waals surface area (Å²) in [5.74, 6) is 0. The van der Waals surface area contributed by atoms with E-state index in [2.05, 4.69) is 0 Å². The lowest BCUT2D eigenvalue weighted by molar-refractivity contribution is 0.0411. The van der Waals surface area contributed by atoms with E-state index in [4.69, 9.17) is 14.6 Å². The Kier molecular flexibility index (Phi) is 9.29. The first kappa shape index (κ1) is 10.6. The maximum Gasteiger partial charge on any atom is 0.0704 e. The van der Waals surface area contributed by atoms with Gasteiger partial charge in [-0.25, -0.2) is 0 Å². The van der Waals surface area contributed by atoms with Gasteiger partial charge in [0.2, 0.25) is 0 Å². The molecule has 0 aromatic rings. The maximum atomic E-state index is 8.33. The Hall–Kier alpha value is -0.380. The minimum absolute atomic E-state index is 0.0782. The zero-order chi connectivity index (χ0) is 8.36. The minimum Gasteiger partial charge on any atom is -0.394 e. The van der Waals surface area contributed by atoms with Crippen molar-refractivity contribution in [3.63, 3.8) is 0 Å². The molecule has 0 aromatic carbocycles. The summed E-state index contributed by atoms with van der Waals surface area (Å²) in [6.45, 7) is 4.20. The van der Waals surface area contributed by atoms with Crippen molar-refractivity contribution in [1.82, 2.24) is 0 Å². The van der Waals surface area contributed by atoms with E-state index in [0.29, 0.717) is 26.4 Å². The van der Waals surface area contributed by atoms with Crippen LogP contribution in [0.3, 0.4) is 0 Å². The van der Waals surface area contributed by atoms with E-state index in [9.17, 15) is 0 Å². The van der Waals surface area contributed by atoms with Crippen LogP contribution in [0.1, 0.15) is 6.92 Å². The van der Waals surface area contributed by atoms with E-state index in [-0.39, 0.29) is 6.61 Å². The van der Waals surface area contributed by atoms with E-state index >= 15 is 0 Å². The van der Waals surface area contributed by atoms with Gasteiger partial charge in [0.15, 0.2) is 0 Å². The average molecular weight is 160 g/mol. The molecule has 0 rings (SSSR count).